The number of carbonyl (C=O) groups is 1. The van der Waals surface area contributed by atoms with Crippen molar-refractivity contribution < 1.29 is 17.6 Å². The molecular weight excluding hydrogens is 278 g/mol. The highest BCUT2D eigenvalue weighted by molar-refractivity contribution is 7.99. The second-order valence-electron chi connectivity index (χ2n) is 3.97. The molecule has 0 spiro atoms. The van der Waals surface area contributed by atoms with Crippen molar-refractivity contribution in [1.29, 1.82) is 0 Å². The van der Waals surface area contributed by atoms with Gasteiger partial charge in [0.25, 0.3) is 5.22 Å². The maximum atomic E-state index is 11.3. The SMILES string of the molecule is CNC(=O)CSc1nnc([C@H]2CCS(=O)(=O)C2)o1. The monoisotopic (exact) mass is 291 g/mol. The van der Waals surface area contributed by atoms with Gasteiger partial charge in [-0.25, -0.2) is 8.42 Å². The van der Waals surface area contributed by atoms with Crippen LogP contribution in [0.3, 0.4) is 0 Å². The van der Waals surface area contributed by atoms with Crippen molar-refractivity contribution in [3.63, 3.8) is 0 Å². The number of amides is 1. The Balaban J connectivity index is 1.96. The van der Waals surface area contributed by atoms with Gasteiger partial charge in [0.2, 0.25) is 11.8 Å². The maximum Gasteiger partial charge on any atom is 0.277 e. The van der Waals surface area contributed by atoms with E-state index in [1.165, 1.54) is 0 Å². The Morgan fingerprint density at radius 2 is 2.33 bits per heavy atom. The summed E-state index contributed by atoms with van der Waals surface area (Å²) >= 11 is 1.13. The molecule has 1 fully saturated rings. The fraction of sp³-hybridized carbons (Fsp3) is 0.667. The molecule has 1 aromatic heterocycles. The smallest absolute Gasteiger partial charge is 0.277 e. The predicted molar refractivity (Wildman–Crippen MR) is 65.1 cm³/mol. The zero-order valence-electron chi connectivity index (χ0n) is 9.75. The Kier molecular flexibility index (Phi) is 3.91. The standard InChI is InChI=1S/C9H13N3O4S2/c1-10-7(13)4-17-9-12-11-8(16-9)6-2-3-18(14,15)5-6/h6H,2-5H2,1H3,(H,10,13)/t6-/m0/s1. The Hall–Kier alpha value is -1.09. The molecule has 0 bridgehead atoms. The summed E-state index contributed by atoms with van der Waals surface area (Å²) in [5, 5.41) is 10.4. The van der Waals surface area contributed by atoms with Crippen molar-refractivity contribution in [2.45, 2.75) is 17.6 Å². The van der Waals surface area contributed by atoms with Gasteiger partial charge in [-0.3, -0.25) is 4.79 Å². The van der Waals surface area contributed by atoms with Gasteiger partial charge in [0, 0.05) is 7.05 Å². The van der Waals surface area contributed by atoms with Crippen molar-refractivity contribution in [3.8, 4) is 0 Å². The Morgan fingerprint density at radius 1 is 1.56 bits per heavy atom. The van der Waals surface area contributed by atoms with Crippen molar-refractivity contribution in [2.24, 2.45) is 0 Å². The topological polar surface area (TPSA) is 102 Å². The van der Waals surface area contributed by atoms with E-state index in [1.54, 1.807) is 7.05 Å². The van der Waals surface area contributed by atoms with Crippen LogP contribution in [0.5, 0.6) is 0 Å². The lowest BCUT2D eigenvalue weighted by molar-refractivity contribution is -0.118. The Morgan fingerprint density at radius 3 is 2.94 bits per heavy atom. The van der Waals surface area contributed by atoms with E-state index >= 15 is 0 Å². The quantitative estimate of drug-likeness (QED) is 0.767. The van der Waals surface area contributed by atoms with Crippen LogP contribution in [0.4, 0.5) is 0 Å². The van der Waals surface area contributed by atoms with Crippen molar-refractivity contribution in [2.75, 3.05) is 24.3 Å². The number of nitrogens with zero attached hydrogens (tertiary/aromatic N) is 2. The zero-order valence-corrected chi connectivity index (χ0v) is 11.4. The lowest BCUT2D eigenvalue weighted by Gasteiger charge is -1.99. The minimum atomic E-state index is -2.96. The van der Waals surface area contributed by atoms with Crippen molar-refractivity contribution in [1.82, 2.24) is 15.5 Å². The van der Waals surface area contributed by atoms with Gasteiger partial charge >= 0.3 is 0 Å². The minimum Gasteiger partial charge on any atom is -0.416 e. The van der Waals surface area contributed by atoms with E-state index in [9.17, 15) is 13.2 Å². The lowest BCUT2D eigenvalue weighted by atomic mass is 10.1. The fourth-order valence-corrected chi connectivity index (χ4v) is 4.01. The highest BCUT2D eigenvalue weighted by Crippen LogP contribution is 2.29. The third kappa shape index (κ3) is 3.22. The first-order valence-electron chi connectivity index (χ1n) is 5.37. The molecule has 1 aromatic rings. The van der Waals surface area contributed by atoms with Gasteiger partial charge in [-0.15, -0.1) is 10.2 Å². The molecule has 0 unspecified atom stereocenters. The number of hydrogen-bond acceptors (Lipinski definition) is 7. The first-order chi connectivity index (χ1) is 8.50. The van der Waals surface area contributed by atoms with E-state index in [1.807, 2.05) is 0 Å². The molecule has 100 valence electrons. The molecule has 1 atom stereocenters. The molecule has 0 radical (unpaired) electrons. The summed E-state index contributed by atoms with van der Waals surface area (Å²) in [6, 6.07) is 0. The third-order valence-corrected chi connectivity index (χ3v) is 5.20. The Bertz CT molecular complexity index is 540. The molecule has 7 nitrogen and oxygen atoms in total. The van der Waals surface area contributed by atoms with Gasteiger partial charge in [-0.05, 0) is 6.42 Å². The number of rotatable bonds is 4. The van der Waals surface area contributed by atoms with E-state index in [0.29, 0.717) is 12.3 Å². The summed E-state index contributed by atoms with van der Waals surface area (Å²) in [6.45, 7) is 0. The van der Waals surface area contributed by atoms with Gasteiger partial charge in [-0.1, -0.05) is 11.8 Å². The Labute approximate surface area is 109 Å². The van der Waals surface area contributed by atoms with Crippen LogP contribution in [0.2, 0.25) is 0 Å². The van der Waals surface area contributed by atoms with E-state index in [4.69, 9.17) is 4.42 Å². The summed E-state index contributed by atoms with van der Waals surface area (Å²) in [6.07, 6.45) is 0.518. The molecule has 9 heteroatoms. The van der Waals surface area contributed by atoms with Gasteiger partial charge in [0.1, 0.15) is 0 Å². The molecule has 1 saturated heterocycles. The minimum absolute atomic E-state index is 0.0642. The number of sulfone groups is 1. The molecule has 1 aliphatic heterocycles. The number of hydrogen-bond donors (Lipinski definition) is 1. The highest BCUT2D eigenvalue weighted by Gasteiger charge is 2.32. The molecule has 2 rings (SSSR count). The molecule has 18 heavy (non-hydrogen) atoms. The van der Waals surface area contributed by atoms with Gasteiger partial charge in [0.05, 0.1) is 23.2 Å². The van der Waals surface area contributed by atoms with E-state index < -0.39 is 9.84 Å². The maximum absolute atomic E-state index is 11.3. The highest BCUT2D eigenvalue weighted by atomic mass is 32.2. The molecule has 2 heterocycles. The summed E-state index contributed by atoms with van der Waals surface area (Å²) < 4.78 is 28.0. The molecule has 0 aliphatic carbocycles. The number of nitrogens with one attached hydrogen (secondary N) is 1. The van der Waals surface area contributed by atoms with Crippen molar-refractivity contribution >= 4 is 27.5 Å². The molecule has 1 amide bonds. The van der Waals surface area contributed by atoms with Crippen LogP contribution in [0.1, 0.15) is 18.2 Å². The largest absolute Gasteiger partial charge is 0.416 e. The summed E-state index contributed by atoms with van der Waals surface area (Å²) in [5.74, 6) is 0.423. The summed E-state index contributed by atoms with van der Waals surface area (Å²) in [7, 11) is -1.42. The van der Waals surface area contributed by atoms with Gasteiger partial charge in [0.15, 0.2) is 9.84 Å². The van der Waals surface area contributed by atoms with Crippen LogP contribution in [0.15, 0.2) is 9.64 Å². The normalized spacial score (nSPS) is 21.9. The van der Waals surface area contributed by atoms with Crippen LogP contribution < -0.4 is 5.32 Å². The van der Waals surface area contributed by atoms with Gasteiger partial charge < -0.3 is 9.73 Å². The van der Waals surface area contributed by atoms with Crippen LogP contribution >= 0.6 is 11.8 Å². The third-order valence-electron chi connectivity index (χ3n) is 2.61. The van der Waals surface area contributed by atoms with E-state index in [0.717, 1.165) is 11.8 Å². The van der Waals surface area contributed by atoms with Crippen LogP contribution in [0, 0.1) is 0 Å². The fourth-order valence-electron chi connectivity index (χ4n) is 1.63. The molecular formula is C9H13N3O4S2. The first kappa shape index (κ1) is 13.3. The van der Waals surface area contributed by atoms with Crippen molar-refractivity contribution in [3.05, 3.63) is 5.89 Å². The van der Waals surface area contributed by atoms with Crippen LogP contribution in [-0.2, 0) is 14.6 Å². The predicted octanol–water partition coefficient (Wildman–Crippen LogP) is -0.190. The molecule has 1 N–H and O–H groups in total. The molecule has 0 aromatic carbocycles. The number of aromatic nitrogens is 2. The second kappa shape index (κ2) is 5.27. The van der Waals surface area contributed by atoms with Crippen LogP contribution in [-0.4, -0.2) is 48.8 Å². The number of carbonyl (C=O) groups excluding carboxylic acids is 1. The summed E-state index contributed by atoms with van der Waals surface area (Å²) in [4.78, 5) is 11.0. The van der Waals surface area contributed by atoms with E-state index in [-0.39, 0.29) is 34.3 Å². The van der Waals surface area contributed by atoms with Gasteiger partial charge in [-0.2, -0.15) is 0 Å². The second-order valence-corrected chi connectivity index (χ2v) is 7.12. The first-order valence-corrected chi connectivity index (χ1v) is 8.18. The number of thioether (sulfide) groups is 1. The summed E-state index contributed by atoms with van der Waals surface area (Å²) in [5.41, 5.74) is 0. The average Bonchev–Trinajstić information content (AvgIpc) is 2.92. The van der Waals surface area contributed by atoms with Crippen LogP contribution in [0.25, 0.3) is 0 Å². The average molecular weight is 291 g/mol. The lowest BCUT2D eigenvalue weighted by Crippen LogP contribution is -2.19. The molecule has 0 saturated carbocycles. The van der Waals surface area contributed by atoms with E-state index in [2.05, 4.69) is 15.5 Å². The zero-order chi connectivity index (χ0) is 13.2. The molecule has 1 aliphatic rings.